The van der Waals surface area contributed by atoms with Crippen LogP contribution in [0.5, 0.6) is 0 Å². The molecule has 0 aromatic rings. The van der Waals surface area contributed by atoms with Crippen LogP contribution in [0.3, 0.4) is 0 Å². The van der Waals surface area contributed by atoms with E-state index in [1.165, 1.54) is 0 Å². The molecule has 0 aromatic carbocycles. The molecule has 2 aliphatic heterocycles. The molecule has 130 valence electrons. The van der Waals surface area contributed by atoms with Crippen LogP contribution in [0.2, 0.25) is 0 Å². The maximum absolute atomic E-state index is 11.0. The highest BCUT2D eigenvalue weighted by atomic mass is 16.8. The molecule has 22 nitrogen and oxygen atoms in total. The molecule has 2 heterocycles. The van der Waals surface area contributed by atoms with Gasteiger partial charge in [-0.05, 0) is 0 Å². The van der Waals surface area contributed by atoms with Crippen LogP contribution in [0.1, 0.15) is 0 Å². The lowest BCUT2D eigenvalue weighted by molar-refractivity contribution is -0.801. The molecule has 2 fully saturated rings. The average molecular weight is 354 g/mol. The highest BCUT2D eigenvalue weighted by Crippen LogP contribution is 2.30. The number of fused-ring (bicyclic) bond motifs is 1. The number of guanidine groups is 1. The molecule has 22 heteroatoms. The fourth-order valence-corrected chi connectivity index (χ4v) is 1.66. The predicted octanol–water partition coefficient (Wildman–Crippen LogP) is -3.33. The van der Waals surface area contributed by atoms with Crippen LogP contribution in [0.25, 0.3) is 0 Å². The van der Waals surface area contributed by atoms with E-state index in [4.69, 9.17) is 0 Å². The maximum atomic E-state index is 11.0. The second-order valence-electron chi connectivity index (χ2n) is 3.59. The lowest BCUT2D eigenvalue weighted by atomic mass is 11.0. The fraction of sp³-hybridized carbons (Fsp3) is 0.500. The summed E-state index contributed by atoms with van der Waals surface area (Å²) in [6, 6.07) is 0. The van der Waals surface area contributed by atoms with Gasteiger partial charge in [-0.15, -0.1) is 0 Å². The monoisotopic (exact) mass is 354 g/mol. The van der Waals surface area contributed by atoms with Gasteiger partial charge in [-0.2, -0.15) is 0 Å². The number of rotatable bonds is 5. The van der Waals surface area contributed by atoms with E-state index in [2.05, 4.69) is 5.10 Å². The van der Waals surface area contributed by atoms with Gasteiger partial charge in [0.2, 0.25) is 0 Å². The van der Waals surface area contributed by atoms with E-state index in [0.717, 1.165) is 0 Å². The van der Waals surface area contributed by atoms with Gasteiger partial charge in [0.25, 0.3) is 6.67 Å². The first kappa shape index (κ1) is 16.2. The Labute approximate surface area is 126 Å². The zero-order valence-corrected chi connectivity index (χ0v) is 10.7. The van der Waals surface area contributed by atoms with Gasteiger partial charge in [-0.3, -0.25) is 0 Å². The summed E-state index contributed by atoms with van der Waals surface area (Å²) in [7, 11) is 0. The summed E-state index contributed by atoms with van der Waals surface area (Å²) >= 11 is 0. The van der Waals surface area contributed by atoms with Crippen molar-refractivity contribution in [3.63, 3.8) is 0 Å². The molecule has 2 saturated heterocycles. The predicted molar refractivity (Wildman–Crippen MR) is 58.3 cm³/mol. The molecule has 0 amide bonds. The fourth-order valence-electron chi connectivity index (χ4n) is 1.66. The molecule has 24 heavy (non-hydrogen) atoms. The van der Waals surface area contributed by atoms with E-state index in [9.17, 15) is 50.6 Å². The van der Waals surface area contributed by atoms with Crippen molar-refractivity contribution in [3.8, 4) is 0 Å². The first-order chi connectivity index (χ1) is 11.1. The lowest BCUT2D eigenvalue weighted by Gasteiger charge is -2.16. The molecule has 0 saturated carbocycles. The largest absolute Gasteiger partial charge is 0.440 e. The molecule has 0 bridgehead atoms. The summed E-state index contributed by atoms with van der Waals surface area (Å²) in [5.74, 6) is -1.67. The Morgan fingerprint density at radius 1 is 0.708 bits per heavy atom. The molecule has 0 unspecified atom stereocenters. The number of hydrazine groups is 9. The number of hydrogen-bond acceptors (Lipinski definition) is 12. The Morgan fingerprint density at radius 3 is 1.33 bits per heavy atom. The topological polar surface area (TPSA) is 247 Å². The summed E-state index contributed by atoms with van der Waals surface area (Å²) in [6.45, 7) is -1.29. The minimum Gasteiger partial charge on any atom is -0.233 e. The highest BCUT2D eigenvalue weighted by Gasteiger charge is 2.72. The van der Waals surface area contributed by atoms with Crippen LogP contribution in [0, 0.1) is 50.6 Å². The second kappa shape index (κ2) is 5.21. The van der Waals surface area contributed by atoms with Crippen molar-refractivity contribution < 1.29 is 25.2 Å². The zero-order valence-electron chi connectivity index (χ0n) is 10.7. The first-order valence-corrected chi connectivity index (χ1v) is 5.13. The van der Waals surface area contributed by atoms with Gasteiger partial charge in [0.1, 0.15) is 15.6 Å². The van der Waals surface area contributed by atoms with Gasteiger partial charge in [-0.1, -0.05) is 0 Å². The third-order valence-corrected chi connectivity index (χ3v) is 2.38. The minimum absolute atomic E-state index is 0.287. The van der Waals surface area contributed by atoms with Crippen LogP contribution >= 0.6 is 0 Å². The number of hydrazone groups is 1. The summed E-state index contributed by atoms with van der Waals surface area (Å²) in [5, 5.41) is 46.9. The van der Waals surface area contributed by atoms with Crippen LogP contribution < -0.4 is 0 Å². The molecule has 0 aliphatic carbocycles. The van der Waals surface area contributed by atoms with E-state index < -0.39 is 48.0 Å². The van der Waals surface area contributed by atoms with Gasteiger partial charge in [0, 0.05) is 10.2 Å². The Morgan fingerprint density at radius 2 is 1.08 bits per heavy atom. The van der Waals surface area contributed by atoms with Crippen molar-refractivity contribution in [2.75, 3.05) is 6.67 Å². The van der Waals surface area contributed by atoms with E-state index in [-0.39, 0.29) is 20.7 Å². The summed E-state index contributed by atoms with van der Waals surface area (Å²) in [6.07, 6.45) is 0. The summed E-state index contributed by atoms with van der Waals surface area (Å²) < 4.78 is 0. The van der Waals surface area contributed by atoms with Crippen LogP contribution in [-0.2, 0) is 0 Å². The van der Waals surface area contributed by atoms with Crippen LogP contribution in [0.4, 0.5) is 0 Å². The molecular weight excluding hydrogens is 352 g/mol. The maximum Gasteiger partial charge on any atom is 0.440 e. The van der Waals surface area contributed by atoms with Gasteiger partial charge < -0.3 is 0 Å². The quantitative estimate of drug-likeness (QED) is 0.345. The van der Waals surface area contributed by atoms with Gasteiger partial charge in [0.05, 0.1) is 10.2 Å². The Balaban J connectivity index is 2.68. The van der Waals surface area contributed by atoms with Crippen molar-refractivity contribution in [2.45, 2.75) is 0 Å². The average Bonchev–Trinajstić information content (AvgIpc) is 2.91. The third kappa shape index (κ3) is 2.20. The second-order valence-corrected chi connectivity index (χ2v) is 3.59. The van der Waals surface area contributed by atoms with Crippen molar-refractivity contribution in [3.05, 3.63) is 50.6 Å². The smallest absolute Gasteiger partial charge is 0.233 e. The highest BCUT2D eigenvalue weighted by molar-refractivity contribution is 5.77. The van der Waals surface area contributed by atoms with E-state index in [1.807, 2.05) is 0 Å². The van der Waals surface area contributed by atoms with Crippen molar-refractivity contribution >= 4 is 5.96 Å². The van der Waals surface area contributed by atoms with Crippen LogP contribution in [0.15, 0.2) is 5.10 Å². The number of nitro groups is 5. The van der Waals surface area contributed by atoms with Gasteiger partial charge >= 0.3 is 5.96 Å². The SMILES string of the molecule is O=[N+]([O-])N=C1N([N+](=O)[O-])N2N(N([N+](=O)[O-])CN2[N+](=O)[O-])N1[N+](=O)[O-]. The normalized spacial score (nSPS) is 17.9. The summed E-state index contributed by atoms with van der Waals surface area (Å²) in [4.78, 5) is 54.2. The van der Waals surface area contributed by atoms with Gasteiger partial charge in [-0.25, -0.2) is 50.6 Å². The molecule has 0 N–H and O–H groups in total. The summed E-state index contributed by atoms with van der Waals surface area (Å²) in [5.41, 5.74) is 0. The Hall–Kier alpha value is -4.21. The van der Waals surface area contributed by atoms with E-state index in [1.54, 1.807) is 0 Å². The van der Waals surface area contributed by atoms with E-state index >= 15 is 0 Å². The number of hydrogen-bond donors (Lipinski definition) is 0. The molecule has 2 aliphatic rings. The molecule has 0 atom stereocenters. The van der Waals surface area contributed by atoms with Gasteiger partial charge in [0.15, 0.2) is 25.2 Å². The molecular formula is C2H2N12O10. The molecule has 0 radical (unpaired) electrons. The zero-order chi connectivity index (χ0) is 18.3. The standard InChI is InChI=1S/C2H2N12O10/c15-8(16)3-2-6(13(21)22)9-4(11(17)18)1-5(12(19)20)10(9)7(2)14(23)24/h1H2. The Bertz CT molecular complexity index is 625. The third-order valence-electron chi connectivity index (χ3n) is 2.38. The Kier molecular flexibility index (Phi) is 3.51. The van der Waals surface area contributed by atoms with Crippen LogP contribution in [-0.4, -0.2) is 68.7 Å². The molecule has 0 aromatic heterocycles. The molecule has 2 rings (SSSR count). The van der Waals surface area contributed by atoms with Crippen molar-refractivity contribution in [2.24, 2.45) is 5.10 Å². The van der Waals surface area contributed by atoms with Crippen molar-refractivity contribution in [1.82, 2.24) is 30.9 Å². The molecule has 0 spiro atoms. The number of nitrogens with zero attached hydrogens (tertiary/aromatic N) is 12. The van der Waals surface area contributed by atoms with E-state index in [0.29, 0.717) is 0 Å². The minimum atomic E-state index is -1.67. The lowest BCUT2D eigenvalue weighted by Crippen LogP contribution is -2.55. The van der Waals surface area contributed by atoms with Crippen molar-refractivity contribution in [1.29, 1.82) is 0 Å². The first-order valence-electron chi connectivity index (χ1n) is 5.13.